The summed E-state index contributed by atoms with van der Waals surface area (Å²) < 4.78 is 2.00. The normalized spacial score (nSPS) is 12.5. The van der Waals surface area contributed by atoms with Crippen molar-refractivity contribution in [3.8, 4) is 0 Å². The van der Waals surface area contributed by atoms with Crippen molar-refractivity contribution in [2.45, 2.75) is 40.3 Å². The van der Waals surface area contributed by atoms with Gasteiger partial charge in [-0.3, -0.25) is 4.68 Å². The molecule has 0 fully saturated rings. The van der Waals surface area contributed by atoms with Crippen molar-refractivity contribution >= 4 is 40.5 Å². The van der Waals surface area contributed by atoms with Gasteiger partial charge in [0.05, 0.1) is 32.5 Å². The molecule has 0 aliphatic heterocycles. The Kier molecular flexibility index (Phi) is 5.07. The average molecular weight is 347 g/mol. The third-order valence-electron chi connectivity index (χ3n) is 3.55. The summed E-state index contributed by atoms with van der Waals surface area (Å²) in [6.45, 7) is 9.11. The van der Waals surface area contributed by atoms with E-state index in [2.05, 4.69) is 31.2 Å². The van der Waals surface area contributed by atoms with E-state index < -0.39 is 0 Å². The molecule has 21 heavy (non-hydrogen) atoms. The fourth-order valence-corrected chi connectivity index (χ4v) is 3.19. The topological polar surface area (TPSA) is 29.9 Å². The number of halogens is 3. The van der Waals surface area contributed by atoms with E-state index in [1.807, 2.05) is 11.6 Å². The predicted octanol–water partition coefficient (Wildman–Crippen LogP) is 5.65. The number of rotatable bonds is 4. The number of hydrogen-bond donors (Lipinski definition) is 1. The summed E-state index contributed by atoms with van der Waals surface area (Å²) in [6, 6.07) is 3.47. The van der Waals surface area contributed by atoms with E-state index in [4.69, 9.17) is 34.8 Å². The minimum atomic E-state index is 0.0695. The molecular formula is C15H18Cl3N3. The summed E-state index contributed by atoms with van der Waals surface area (Å²) in [4.78, 5) is 0. The highest BCUT2D eigenvalue weighted by Gasteiger charge is 2.18. The van der Waals surface area contributed by atoms with Crippen LogP contribution in [0.4, 0.5) is 5.69 Å². The summed E-state index contributed by atoms with van der Waals surface area (Å²) in [6.07, 6.45) is 0. The minimum absolute atomic E-state index is 0.0695. The van der Waals surface area contributed by atoms with Gasteiger partial charge < -0.3 is 5.32 Å². The van der Waals surface area contributed by atoms with Crippen LogP contribution in [-0.4, -0.2) is 9.78 Å². The summed E-state index contributed by atoms with van der Waals surface area (Å²) in [5.41, 5.74) is 4.12. The third kappa shape index (κ3) is 3.31. The smallest absolute Gasteiger partial charge is 0.0653 e. The maximum atomic E-state index is 6.22. The Hall–Kier alpha value is -0.900. The molecule has 1 aromatic heterocycles. The van der Waals surface area contributed by atoms with Gasteiger partial charge in [0.2, 0.25) is 0 Å². The summed E-state index contributed by atoms with van der Waals surface area (Å²) >= 11 is 18.2. The highest BCUT2D eigenvalue weighted by molar-refractivity contribution is 6.44. The highest BCUT2D eigenvalue weighted by Crippen LogP contribution is 2.35. The summed E-state index contributed by atoms with van der Waals surface area (Å²) in [7, 11) is 0. The van der Waals surface area contributed by atoms with Gasteiger partial charge in [0.15, 0.2) is 0 Å². The second kappa shape index (κ2) is 6.47. The molecule has 2 aromatic rings. The fraction of sp³-hybridized carbons (Fsp3) is 0.400. The van der Waals surface area contributed by atoms with Crippen LogP contribution in [0, 0.1) is 13.8 Å². The van der Waals surface area contributed by atoms with Crippen molar-refractivity contribution in [1.82, 2.24) is 9.78 Å². The zero-order valence-electron chi connectivity index (χ0n) is 12.5. The molecule has 3 nitrogen and oxygen atoms in total. The second-order valence-electron chi connectivity index (χ2n) is 5.01. The molecule has 0 spiro atoms. The fourth-order valence-electron chi connectivity index (χ4n) is 2.58. The molecule has 6 heteroatoms. The van der Waals surface area contributed by atoms with Crippen LogP contribution < -0.4 is 5.32 Å². The number of nitrogens with zero attached hydrogens (tertiary/aromatic N) is 2. The van der Waals surface area contributed by atoms with Crippen molar-refractivity contribution in [1.29, 1.82) is 0 Å². The van der Waals surface area contributed by atoms with E-state index in [0.717, 1.165) is 23.6 Å². The van der Waals surface area contributed by atoms with Crippen LogP contribution in [-0.2, 0) is 6.54 Å². The average Bonchev–Trinajstić information content (AvgIpc) is 2.70. The van der Waals surface area contributed by atoms with Crippen LogP contribution in [0.3, 0.4) is 0 Å². The first-order valence-corrected chi connectivity index (χ1v) is 7.93. The summed E-state index contributed by atoms with van der Waals surface area (Å²) in [5.74, 6) is 0. The minimum Gasteiger partial charge on any atom is -0.377 e. The standard InChI is InChI=1S/C15H18Cl3N3/c1-5-21-10(4)15(9(3)20-21)8(2)19-14-7-12(17)11(16)6-13(14)18/h6-8,19H,5H2,1-4H3. The zero-order valence-corrected chi connectivity index (χ0v) is 14.7. The van der Waals surface area contributed by atoms with Crippen LogP contribution in [0.1, 0.15) is 36.8 Å². The van der Waals surface area contributed by atoms with Crippen molar-refractivity contribution in [2.24, 2.45) is 0 Å². The van der Waals surface area contributed by atoms with E-state index in [9.17, 15) is 0 Å². The van der Waals surface area contributed by atoms with Gasteiger partial charge >= 0.3 is 0 Å². The molecule has 0 bridgehead atoms. The van der Waals surface area contributed by atoms with Gasteiger partial charge in [-0.25, -0.2) is 0 Å². The molecule has 114 valence electrons. The monoisotopic (exact) mass is 345 g/mol. The number of nitrogens with one attached hydrogen (secondary N) is 1. The third-order valence-corrected chi connectivity index (χ3v) is 4.59. The lowest BCUT2D eigenvalue weighted by molar-refractivity contribution is 0.632. The summed E-state index contributed by atoms with van der Waals surface area (Å²) in [5, 5.41) is 9.41. The van der Waals surface area contributed by atoms with Crippen molar-refractivity contribution in [3.05, 3.63) is 44.2 Å². The maximum Gasteiger partial charge on any atom is 0.0653 e. The molecule has 0 saturated heterocycles. The molecule has 0 saturated carbocycles. The van der Waals surface area contributed by atoms with Crippen molar-refractivity contribution < 1.29 is 0 Å². The molecule has 0 radical (unpaired) electrons. The number of benzene rings is 1. The van der Waals surface area contributed by atoms with Crippen LogP contribution >= 0.6 is 34.8 Å². The van der Waals surface area contributed by atoms with Crippen molar-refractivity contribution in [3.63, 3.8) is 0 Å². The maximum absolute atomic E-state index is 6.22. The van der Waals surface area contributed by atoms with E-state index in [1.165, 1.54) is 5.56 Å². The molecule has 2 rings (SSSR count). The van der Waals surface area contributed by atoms with E-state index in [-0.39, 0.29) is 6.04 Å². The van der Waals surface area contributed by atoms with Gasteiger partial charge in [-0.1, -0.05) is 34.8 Å². The SMILES string of the molecule is CCn1nc(C)c(C(C)Nc2cc(Cl)c(Cl)cc2Cl)c1C. The number of anilines is 1. The Bertz CT molecular complexity index is 665. The quantitative estimate of drug-likeness (QED) is 0.725. The van der Waals surface area contributed by atoms with Gasteiger partial charge in [-0.05, 0) is 39.8 Å². The molecule has 0 amide bonds. The highest BCUT2D eigenvalue weighted by atomic mass is 35.5. The van der Waals surface area contributed by atoms with Crippen LogP contribution in [0.5, 0.6) is 0 Å². The van der Waals surface area contributed by atoms with Crippen LogP contribution in [0.25, 0.3) is 0 Å². The Labute approximate surface area is 140 Å². The van der Waals surface area contributed by atoms with E-state index in [1.54, 1.807) is 12.1 Å². The lowest BCUT2D eigenvalue weighted by Gasteiger charge is -2.18. The molecular weight excluding hydrogens is 329 g/mol. The number of aromatic nitrogens is 2. The van der Waals surface area contributed by atoms with Gasteiger partial charge in [-0.15, -0.1) is 0 Å². The molecule has 1 atom stereocenters. The Morgan fingerprint density at radius 1 is 1.14 bits per heavy atom. The lowest BCUT2D eigenvalue weighted by Crippen LogP contribution is -2.09. The molecule has 1 heterocycles. The number of aryl methyl sites for hydroxylation is 2. The van der Waals surface area contributed by atoms with E-state index >= 15 is 0 Å². The van der Waals surface area contributed by atoms with Gasteiger partial charge in [-0.2, -0.15) is 5.10 Å². The zero-order chi connectivity index (χ0) is 15.7. The molecule has 0 aliphatic rings. The second-order valence-corrected chi connectivity index (χ2v) is 6.23. The van der Waals surface area contributed by atoms with Crippen molar-refractivity contribution in [2.75, 3.05) is 5.32 Å². The lowest BCUT2D eigenvalue weighted by atomic mass is 10.1. The molecule has 1 unspecified atom stereocenters. The van der Waals surface area contributed by atoms with E-state index in [0.29, 0.717) is 15.1 Å². The molecule has 1 aromatic carbocycles. The van der Waals surface area contributed by atoms with Gasteiger partial charge in [0, 0.05) is 17.8 Å². The Morgan fingerprint density at radius 2 is 1.76 bits per heavy atom. The number of hydrogen-bond acceptors (Lipinski definition) is 2. The van der Waals surface area contributed by atoms with Gasteiger partial charge in [0.25, 0.3) is 0 Å². The largest absolute Gasteiger partial charge is 0.377 e. The molecule has 0 aliphatic carbocycles. The molecule has 1 N–H and O–H groups in total. The van der Waals surface area contributed by atoms with Crippen LogP contribution in [0.15, 0.2) is 12.1 Å². The Balaban J connectivity index is 2.32. The first kappa shape index (κ1) is 16.5. The first-order valence-electron chi connectivity index (χ1n) is 6.80. The van der Waals surface area contributed by atoms with Gasteiger partial charge in [0.1, 0.15) is 0 Å². The first-order chi connectivity index (χ1) is 9.85. The Morgan fingerprint density at radius 3 is 2.33 bits per heavy atom. The van der Waals surface area contributed by atoms with Crippen LogP contribution in [0.2, 0.25) is 15.1 Å². The predicted molar refractivity (Wildman–Crippen MR) is 90.9 cm³/mol.